The minimum absolute atomic E-state index is 0.0359. The Labute approximate surface area is 93.2 Å². The van der Waals surface area contributed by atoms with E-state index in [4.69, 9.17) is 4.55 Å². The lowest BCUT2D eigenvalue weighted by atomic mass is 10.2. The maximum atomic E-state index is 10.5. The summed E-state index contributed by atoms with van der Waals surface area (Å²) in [7, 11) is -3.81. The highest BCUT2D eigenvalue weighted by atomic mass is 32.2. The van der Waals surface area contributed by atoms with Crippen molar-refractivity contribution in [3.8, 4) is 0 Å². The van der Waals surface area contributed by atoms with E-state index in [1.165, 1.54) is 19.3 Å². The Morgan fingerprint density at radius 3 is 2.47 bits per heavy atom. The van der Waals surface area contributed by atoms with Crippen molar-refractivity contribution in [2.75, 3.05) is 18.8 Å². The minimum atomic E-state index is -3.81. The van der Waals surface area contributed by atoms with Crippen LogP contribution in [0.3, 0.4) is 0 Å². The summed E-state index contributed by atoms with van der Waals surface area (Å²) in [5.41, 5.74) is 0. The Morgan fingerprint density at radius 2 is 1.93 bits per heavy atom. The zero-order valence-corrected chi connectivity index (χ0v) is 10.5. The first-order valence-corrected chi connectivity index (χ1v) is 7.22. The van der Waals surface area contributed by atoms with Crippen molar-refractivity contribution in [3.63, 3.8) is 0 Å². The fourth-order valence-corrected chi connectivity index (χ4v) is 2.28. The number of hydrogen-bond donors (Lipinski definition) is 2. The molecule has 15 heavy (non-hydrogen) atoms. The van der Waals surface area contributed by atoms with Gasteiger partial charge in [-0.1, -0.05) is 33.1 Å². The van der Waals surface area contributed by atoms with Gasteiger partial charge in [0.05, 0.1) is 5.75 Å². The van der Waals surface area contributed by atoms with Crippen molar-refractivity contribution in [3.05, 3.63) is 0 Å². The van der Waals surface area contributed by atoms with Gasteiger partial charge in [0.15, 0.2) is 0 Å². The van der Waals surface area contributed by atoms with Crippen LogP contribution in [0.15, 0.2) is 0 Å². The number of rotatable bonds is 9. The van der Waals surface area contributed by atoms with Gasteiger partial charge in [0, 0.05) is 0 Å². The van der Waals surface area contributed by atoms with Gasteiger partial charge < -0.3 is 5.32 Å². The number of nitrogens with one attached hydrogen (secondary N) is 1. The molecule has 0 rings (SSSR count). The van der Waals surface area contributed by atoms with Gasteiger partial charge in [-0.2, -0.15) is 8.42 Å². The molecule has 0 aromatic heterocycles. The van der Waals surface area contributed by atoms with E-state index in [-0.39, 0.29) is 11.7 Å². The smallest absolute Gasteiger partial charge is 0.265 e. The average molecular weight is 237 g/mol. The third-order valence-electron chi connectivity index (χ3n) is 2.20. The number of hydrogen-bond acceptors (Lipinski definition) is 3. The molecule has 0 amide bonds. The fraction of sp³-hybridized carbons (Fsp3) is 1.00. The van der Waals surface area contributed by atoms with Crippen molar-refractivity contribution in [1.29, 1.82) is 0 Å². The van der Waals surface area contributed by atoms with Gasteiger partial charge in [-0.05, 0) is 25.4 Å². The Bertz CT molecular complexity index is 239. The third-order valence-corrected chi connectivity index (χ3v) is 3.19. The van der Waals surface area contributed by atoms with Crippen molar-refractivity contribution < 1.29 is 13.0 Å². The van der Waals surface area contributed by atoms with Gasteiger partial charge in [-0.15, -0.1) is 0 Å². The van der Waals surface area contributed by atoms with Gasteiger partial charge in [0.25, 0.3) is 10.1 Å². The molecule has 1 atom stereocenters. The van der Waals surface area contributed by atoms with Crippen LogP contribution in [0.4, 0.5) is 0 Å². The molecule has 0 aliphatic heterocycles. The summed E-state index contributed by atoms with van der Waals surface area (Å²) in [5.74, 6) is -0.194. The molecule has 92 valence electrons. The molecule has 0 unspecified atom stereocenters. The van der Waals surface area contributed by atoms with E-state index in [0.717, 1.165) is 13.0 Å². The maximum Gasteiger partial charge on any atom is 0.265 e. The van der Waals surface area contributed by atoms with Crippen LogP contribution in [0.25, 0.3) is 0 Å². The Morgan fingerprint density at radius 1 is 1.27 bits per heavy atom. The van der Waals surface area contributed by atoms with E-state index in [1.807, 2.05) is 6.92 Å². The van der Waals surface area contributed by atoms with Crippen LogP contribution in [0, 0.1) is 5.92 Å². The van der Waals surface area contributed by atoms with E-state index >= 15 is 0 Å². The highest BCUT2D eigenvalue weighted by molar-refractivity contribution is 7.85. The molecule has 4 nitrogen and oxygen atoms in total. The molecule has 0 aromatic carbocycles. The first kappa shape index (κ1) is 14.9. The second-order valence-electron chi connectivity index (χ2n) is 4.12. The summed E-state index contributed by atoms with van der Waals surface area (Å²) in [6.07, 6.45) is 4.82. The summed E-state index contributed by atoms with van der Waals surface area (Å²) < 4.78 is 29.7. The first-order valence-electron chi connectivity index (χ1n) is 5.61. The van der Waals surface area contributed by atoms with Gasteiger partial charge in [-0.3, -0.25) is 4.55 Å². The highest BCUT2D eigenvalue weighted by Crippen LogP contribution is 1.99. The second-order valence-corrected chi connectivity index (χ2v) is 5.62. The Kier molecular flexibility index (Phi) is 8.00. The van der Waals surface area contributed by atoms with Crippen LogP contribution in [-0.2, 0) is 10.1 Å². The third kappa shape index (κ3) is 11.8. The molecule has 0 fully saturated rings. The highest BCUT2D eigenvalue weighted by Gasteiger charge is 2.11. The van der Waals surface area contributed by atoms with E-state index < -0.39 is 10.1 Å². The van der Waals surface area contributed by atoms with Gasteiger partial charge in [0.2, 0.25) is 0 Å². The van der Waals surface area contributed by atoms with Crippen LogP contribution in [0.2, 0.25) is 0 Å². The Balaban J connectivity index is 3.36. The van der Waals surface area contributed by atoms with Crippen LogP contribution >= 0.6 is 0 Å². The first-order chi connectivity index (χ1) is 6.95. The molecule has 0 aromatic rings. The van der Waals surface area contributed by atoms with Crippen molar-refractivity contribution in [2.24, 2.45) is 5.92 Å². The molecule has 0 aliphatic rings. The van der Waals surface area contributed by atoms with E-state index in [2.05, 4.69) is 12.2 Å². The van der Waals surface area contributed by atoms with Crippen LogP contribution in [-0.4, -0.2) is 31.8 Å². The molecule has 0 heterocycles. The molecular weight excluding hydrogens is 214 g/mol. The fourth-order valence-electron chi connectivity index (χ4n) is 1.44. The van der Waals surface area contributed by atoms with E-state index in [0.29, 0.717) is 6.54 Å². The monoisotopic (exact) mass is 237 g/mol. The predicted octanol–water partition coefficient (Wildman–Crippen LogP) is 1.68. The summed E-state index contributed by atoms with van der Waals surface area (Å²) in [4.78, 5) is 0. The second kappa shape index (κ2) is 8.07. The SMILES string of the molecule is CCCCCCNC[C@H](C)CS(=O)(=O)O. The van der Waals surface area contributed by atoms with Crippen molar-refractivity contribution in [1.82, 2.24) is 5.32 Å². The zero-order chi connectivity index (χ0) is 11.7. The van der Waals surface area contributed by atoms with Crippen molar-refractivity contribution >= 4 is 10.1 Å². The standard InChI is InChI=1S/C10H23NO3S/c1-3-4-5-6-7-11-8-10(2)9-15(12,13)14/h10-11H,3-9H2,1-2H3,(H,12,13,14)/t10-/m0/s1. The molecule has 0 aliphatic carbocycles. The summed E-state index contributed by atoms with van der Waals surface area (Å²) in [5, 5.41) is 3.19. The molecule has 0 bridgehead atoms. The average Bonchev–Trinajstić information content (AvgIpc) is 2.08. The maximum absolute atomic E-state index is 10.5. The molecular formula is C10H23NO3S. The number of unbranched alkanes of at least 4 members (excludes halogenated alkanes) is 3. The van der Waals surface area contributed by atoms with Gasteiger partial charge in [-0.25, -0.2) is 0 Å². The topological polar surface area (TPSA) is 66.4 Å². The minimum Gasteiger partial charge on any atom is -0.316 e. The molecule has 0 saturated heterocycles. The van der Waals surface area contributed by atoms with Crippen molar-refractivity contribution in [2.45, 2.75) is 39.5 Å². The quantitative estimate of drug-likeness (QED) is 0.473. The summed E-state index contributed by atoms with van der Waals surface area (Å²) >= 11 is 0. The lowest BCUT2D eigenvalue weighted by Gasteiger charge is -2.10. The van der Waals surface area contributed by atoms with Crippen LogP contribution in [0.1, 0.15) is 39.5 Å². The largest absolute Gasteiger partial charge is 0.316 e. The Hall–Kier alpha value is -0.130. The molecule has 0 radical (unpaired) electrons. The molecule has 0 saturated carbocycles. The van der Waals surface area contributed by atoms with E-state index in [1.54, 1.807) is 0 Å². The van der Waals surface area contributed by atoms with Crippen LogP contribution < -0.4 is 5.32 Å². The summed E-state index contributed by atoms with van der Waals surface area (Å²) in [6.45, 7) is 5.55. The van der Waals surface area contributed by atoms with Crippen LogP contribution in [0.5, 0.6) is 0 Å². The zero-order valence-electron chi connectivity index (χ0n) is 9.70. The van der Waals surface area contributed by atoms with Gasteiger partial charge in [0.1, 0.15) is 0 Å². The summed E-state index contributed by atoms with van der Waals surface area (Å²) in [6, 6.07) is 0. The lowest BCUT2D eigenvalue weighted by molar-refractivity contribution is 0.460. The van der Waals surface area contributed by atoms with E-state index in [9.17, 15) is 8.42 Å². The molecule has 0 spiro atoms. The lowest BCUT2D eigenvalue weighted by Crippen LogP contribution is -2.26. The molecule has 2 N–H and O–H groups in total. The predicted molar refractivity (Wildman–Crippen MR) is 62.6 cm³/mol. The normalized spacial score (nSPS) is 14.1. The molecule has 5 heteroatoms. The van der Waals surface area contributed by atoms with Gasteiger partial charge >= 0.3 is 0 Å².